The summed E-state index contributed by atoms with van der Waals surface area (Å²) in [4.78, 5) is 18.4. The molecule has 1 aliphatic heterocycles. The van der Waals surface area contributed by atoms with Gasteiger partial charge in [0.2, 0.25) is 0 Å². The Bertz CT molecular complexity index is 671. The Labute approximate surface area is 177 Å². The van der Waals surface area contributed by atoms with Crippen molar-refractivity contribution in [3.8, 4) is 0 Å². The maximum atomic E-state index is 14.2. The summed E-state index contributed by atoms with van der Waals surface area (Å²) in [6.07, 6.45) is 3.53. The van der Waals surface area contributed by atoms with Crippen molar-refractivity contribution in [2.24, 2.45) is 10.9 Å². The third-order valence-corrected chi connectivity index (χ3v) is 5.51. The van der Waals surface area contributed by atoms with Gasteiger partial charge in [-0.2, -0.15) is 0 Å². The van der Waals surface area contributed by atoms with Crippen LogP contribution in [0.4, 0.5) is 4.39 Å². The number of hydrogen-bond donors (Lipinski definition) is 1. The van der Waals surface area contributed by atoms with Crippen LogP contribution in [0, 0.1) is 11.7 Å². The van der Waals surface area contributed by atoms with E-state index in [1.165, 1.54) is 6.07 Å². The number of halogens is 2. The number of ether oxygens (including phenoxy) is 1. The van der Waals surface area contributed by atoms with E-state index in [1.807, 2.05) is 19.1 Å². The number of nitrogens with zero attached hydrogens (tertiary/aromatic N) is 2. The van der Waals surface area contributed by atoms with Crippen LogP contribution in [0.3, 0.4) is 0 Å². The highest BCUT2D eigenvalue weighted by Gasteiger charge is 2.46. The number of rotatable bonds is 5. The van der Waals surface area contributed by atoms with Crippen LogP contribution >= 0.6 is 24.0 Å². The SMILES string of the molecule is CCOC(=O)C1CCN(C(=NC)NCC2(c3ccccc3F)CC2)CC1.I. The van der Waals surface area contributed by atoms with Gasteiger partial charge in [-0.1, -0.05) is 18.2 Å². The monoisotopic (exact) mass is 489 g/mol. The first-order valence-electron chi connectivity index (χ1n) is 9.47. The summed E-state index contributed by atoms with van der Waals surface area (Å²) in [7, 11) is 1.77. The molecule has 1 aliphatic carbocycles. The summed E-state index contributed by atoms with van der Waals surface area (Å²) in [5, 5.41) is 3.43. The quantitative estimate of drug-likeness (QED) is 0.299. The maximum Gasteiger partial charge on any atom is 0.309 e. The zero-order valence-corrected chi connectivity index (χ0v) is 18.4. The number of aliphatic imine (C=N–C) groups is 1. The number of carbonyl (C=O) groups is 1. The van der Waals surface area contributed by atoms with Crippen LogP contribution < -0.4 is 5.32 Å². The number of hydrogen-bond acceptors (Lipinski definition) is 3. The largest absolute Gasteiger partial charge is 0.466 e. The number of piperidine rings is 1. The number of likely N-dealkylation sites (tertiary alicyclic amines) is 1. The number of esters is 1. The van der Waals surface area contributed by atoms with Crippen molar-refractivity contribution in [1.29, 1.82) is 0 Å². The standard InChI is InChI=1S/C20H28FN3O2.HI/c1-3-26-18(25)15-8-12-24(13-9-15)19(22-2)23-14-20(10-11-20)16-6-4-5-7-17(16)21;/h4-7,15H,3,8-14H2,1-2H3,(H,22,23);1H. The predicted octanol–water partition coefficient (Wildman–Crippen LogP) is 3.33. The van der Waals surface area contributed by atoms with Gasteiger partial charge in [0, 0.05) is 32.1 Å². The molecule has 0 amide bonds. The van der Waals surface area contributed by atoms with Crippen molar-refractivity contribution in [3.05, 3.63) is 35.6 Å². The molecule has 27 heavy (non-hydrogen) atoms. The molecule has 0 radical (unpaired) electrons. The second kappa shape index (κ2) is 9.71. The topological polar surface area (TPSA) is 53.9 Å². The number of benzene rings is 1. The summed E-state index contributed by atoms with van der Waals surface area (Å²) >= 11 is 0. The van der Waals surface area contributed by atoms with Gasteiger partial charge in [0.15, 0.2) is 5.96 Å². The van der Waals surface area contributed by atoms with Crippen molar-refractivity contribution < 1.29 is 13.9 Å². The zero-order chi connectivity index (χ0) is 18.6. The molecule has 1 aromatic rings. The zero-order valence-electron chi connectivity index (χ0n) is 16.0. The van der Waals surface area contributed by atoms with E-state index in [1.54, 1.807) is 13.1 Å². The molecule has 0 spiro atoms. The van der Waals surface area contributed by atoms with Gasteiger partial charge in [-0.25, -0.2) is 4.39 Å². The van der Waals surface area contributed by atoms with E-state index >= 15 is 0 Å². The van der Waals surface area contributed by atoms with E-state index in [0.717, 1.165) is 50.3 Å². The molecule has 1 saturated carbocycles. The van der Waals surface area contributed by atoms with Gasteiger partial charge in [-0.3, -0.25) is 9.79 Å². The summed E-state index contributed by atoms with van der Waals surface area (Å²) in [6.45, 7) is 4.49. The molecule has 1 N–H and O–H groups in total. The summed E-state index contributed by atoms with van der Waals surface area (Å²) in [5.41, 5.74) is 0.675. The van der Waals surface area contributed by atoms with Crippen LogP contribution in [0.15, 0.2) is 29.3 Å². The first-order chi connectivity index (χ1) is 12.6. The van der Waals surface area contributed by atoms with Gasteiger partial charge in [-0.15, -0.1) is 24.0 Å². The van der Waals surface area contributed by atoms with E-state index < -0.39 is 0 Å². The molecule has 0 aromatic heterocycles. The summed E-state index contributed by atoms with van der Waals surface area (Å²) in [5.74, 6) is 0.594. The molecule has 0 atom stereocenters. The molecule has 7 heteroatoms. The Balaban J connectivity index is 0.00000261. The van der Waals surface area contributed by atoms with E-state index in [4.69, 9.17) is 4.74 Å². The summed E-state index contributed by atoms with van der Waals surface area (Å²) < 4.78 is 19.3. The maximum absolute atomic E-state index is 14.2. The highest BCUT2D eigenvalue weighted by Crippen LogP contribution is 2.48. The highest BCUT2D eigenvalue weighted by molar-refractivity contribution is 14.0. The van der Waals surface area contributed by atoms with Gasteiger partial charge in [0.1, 0.15) is 5.82 Å². The Morgan fingerprint density at radius 2 is 2.00 bits per heavy atom. The molecule has 3 rings (SSSR count). The lowest BCUT2D eigenvalue weighted by atomic mass is 9.95. The first kappa shape index (κ1) is 21.9. The average molecular weight is 489 g/mol. The fourth-order valence-corrected chi connectivity index (χ4v) is 3.75. The van der Waals surface area contributed by atoms with E-state index in [-0.39, 0.29) is 47.1 Å². The molecular formula is C20H29FIN3O2. The average Bonchev–Trinajstić information content (AvgIpc) is 3.44. The smallest absolute Gasteiger partial charge is 0.309 e. The molecule has 0 bridgehead atoms. The Kier molecular flexibility index (Phi) is 7.88. The lowest BCUT2D eigenvalue weighted by Gasteiger charge is -2.34. The first-order valence-corrected chi connectivity index (χ1v) is 9.47. The van der Waals surface area contributed by atoms with Gasteiger partial charge < -0.3 is 15.0 Å². The van der Waals surface area contributed by atoms with Gasteiger partial charge in [0.05, 0.1) is 12.5 Å². The van der Waals surface area contributed by atoms with Crippen LogP contribution in [-0.4, -0.2) is 50.1 Å². The molecular weight excluding hydrogens is 460 g/mol. The fraction of sp³-hybridized carbons (Fsp3) is 0.600. The Morgan fingerprint density at radius 3 is 2.56 bits per heavy atom. The minimum Gasteiger partial charge on any atom is -0.466 e. The second-order valence-electron chi connectivity index (χ2n) is 7.17. The van der Waals surface area contributed by atoms with Crippen molar-refractivity contribution in [2.75, 3.05) is 33.3 Å². The molecule has 0 unspecified atom stereocenters. The van der Waals surface area contributed by atoms with Crippen molar-refractivity contribution in [2.45, 2.75) is 38.0 Å². The Morgan fingerprint density at radius 1 is 1.33 bits per heavy atom. The third-order valence-electron chi connectivity index (χ3n) is 5.51. The summed E-state index contributed by atoms with van der Waals surface area (Å²) in [6, 6.07) is 7.05. The van der Waals surface area contributed by atoms with Crippen molar-refractivity contribution >= 4 is 35.9 Å². The molecule has 1 heterocycles. The van der Waals surface area contributed by atoms with Gasteiger partial charge in [-0.05, 0) is 44.2 Å². The predicted molar refractivity (Wildman–Crippen MR) is 115 cm³/mol. The normalized spacial score (nSPS) is 19.2. The third kappa shape index (κ3) is 5.12. The van der Waals surface area contributed by atoms with Crippen LogP contribution in [0.1, 0.15) is 38.2 Å². The molecule has 2 fully saturated rings. The van der Waals surface area contributed by atoms with E-state index in [2.05, 4.69) is 15.2 Å². The van der Waals surface area contributed by atoms with Crippen molar-refractivity contribution in [3.63, 3.8) is 0 Å². The molecule has 2 aliphatic rings. The lowest BCUT2D eigenvalue weighted by Crippen LogP contribution is -2.48. The minimum absolute atomic E-state index is 0. The number of nitrogens with one attached hydrogen (secondary N) is 1. The van der Waals surface area contributed by atoms with Crippen LogP contribution in [0.2, 0.25) is 0 Å². The molecule has 150 valence electrons. The Hall–Kier alpha value is -1.38. The second-order valence-corrected chi connectivity index (χ2v) is 7.17. The van der Waals surface area contributed by atoms with Gasteiger partial charge >= 0.3 is 5.97 Å². The highest BCUT2D eigenvalue weighted by atomic mass is 127. The van der Waals surface area contributed by atoms with Crippen LogP contribution in [-0.2, 0) is 14.9 Å². The lowest BCUT2D eigenvalue weighted by molar-refractivity contribution is -0.149. The van der Waals surface area contributed by atoms with Crippen LogP contribution in [0.25, 0.3) is 0 Å². The number of guanidine groups is 1. The minimum atomic E-state index is -0.128. The molecule has 5 nitrogen and oxygen atoms in total. The van der Waals surface area contributed by atoms with E-state index in [0.29, 0.717) is 13.2 Å². The fourth-order valence-electron chi connectivity index (χ4n) is 3.75. The van der Waals surface area contributed by atoms with E-state index in [9.17, 15) is 9.18 Å². The number of carbonyl (C=O) groups excluding carboxylic acids is 1. The molecule has 1 saturated heterocycles. The molecule has 1 aromatic carbocycles. The van der Waals surface area contributed by atoms with Gasteiger partial charge in [0.25, 0.3) is 0 Å². The van der Waals surface area contributed by atoms with Crippen LogP contribution in [0.5, 0.6) is 0 Å². The van der Waals surface area contributed by atoms with Crippen molar-refractivity contribution in [1.82, 2.24) is 10.2 Å².